The average Bonchev–Trinajstić information content (AvgIpc) is 2.82. The van der Waals surface area contributed by atoms with Gasteiger partial charge in [0.05, 0.1) is 6.42 Å². The fourth-order valence-corrected chi connectivity index (χ4v) is 21.1. The molecular formula is C27H44NO2Sn. The van der Waals surface area contributed by atoms with Crippen LogP contribution in [0.3, 0.4) is 0 Å². The summed E-state index contributed by atoms with van der Waals surface area (Å²) in [4.78, 5) is 10.1. The van der Waals surface area contributed by atoms with Crippen molar-refractivity contribution in [2.75, 3.05) is 11.9 Å². The summed E-state index contributed by atoms with van der Waals surface area (Å²) in [5, 5.41) is 11.3. The van der Waals surface area contributed by atoms with Crippen LogP contribution in [0.1, 0.15) is 103 Å². The summed E-state index contributed by atoms with van der Waals surface area (Å²) < 4.78 is 3.96. The second kappa shape index (κ2) is 14.4. The van der Waals surface area contributed by atoms with Crippen LogP contribution in [0.5, 0.6) is 0 Å². The molecule has 3 aliphatic carbocycles. The molecule has 0 aliphatic heterocycles. The fourth-order valence-electron chi connectivity index (χ4n) is 6.18. The summed E-state index contributed by atoms with van der Waals surface area (Å²) in [6.45, 7) is 0.472. The first-order valence-electron chi connectivity index (χ1n) is 13.1. The third-order valence-corrected chi connectivity index (χ3v) is 20.7. The molecule has 4 heteroatoms. The van der Waals surface area contributed by atoms with E-state index in [0.717, 1.165) is 5.69 Å². The average molecular weight is 533 g/mol. The van der Waals surface area contributed by atoms with E-state index in [-0.39, 0.29) is 6.42 Å². The van der Waals surface area contributed by atoms with Gasteiger partial charge in [0.25, 0.3) is 0 Å². The molecule has 0 amide bonds. The summed E-state index contributed by atoms with van der Waals surface area (Å²) in [5.74, 6) is -0.779. The molecule has 4 rings (SSSR count). The van der Waals surface area contributed by atoms with Crippen molar-refractivity contribution in [1.82, 2.24) is 0 Å². The monoisotopic (exact) mass is 534 g/mol. The van der Waals surface area contributed by atoms with Crippen LogP contribution in [-0.2, 0) is 4.79 Å². The van der Waals surface area contributed by atoms with Gasteiger partial charge < -0.3 is 10.4 Å². The first-order valence-corrected chi connectivity index (χ1v) is 18.1. The molecule has 3 fully saturated rings. The molecule has 3 aliphatic rings. The number of aliphatic carboxylic acids is 1. The number of hydrogen-bond acceptors (Lipinski definition) is 2. The van der Waals surface area contributed by atoms with E-state index in [1.165, 1.54) is 11.8 Å². The van der Waals surface area contributed by atoms with Crippen LogP contribution >= 0.6 is 0 Å². The number of nitrogens with one attached hydrogen (secondary N) is 1. The molecule has 173 valence electrons. The first kappa shape index (κ1) is 24.9. The Balaban J connectivity index is 0.000000196. The van der Waals surface area contributed by atoms with Crippen molar-refractivity contribution in [1.29, 1.82) is 0 Å². The number of para-hydroxylation sites is 1. The van der Waals surface area contributed by atoms with Gasteiger partial charge in [-0.25, -0.2) is 0 Å². The SMILES string of the molecule is C1CC[CH]([Sn]([CH]2CCCCC2)[CH]2CCCCC2)CC1.O=C(O)CCNc1ccccc1. The normalized spacial score (nSPS) is 21.3. The van der Waals surface area contributed by atoms with Crippen LogP contribution < -0.4 is 5.32 Å². The van der Waals surface area contributed by atoms with Crippen LogP contribution in [0.4, 0.5) is 5.69 Å². The maximum absolute atomic E-state index is 10.1. The number of rotatable bonds is 7. The number of anilines is 1. The number of benzene rings is 1. The third kappa shape index (κ3) is 8.98. The van der Waals surface area contributed by atoms with Crippen molar-refractivity contribution in [2.45, 2.75) is 115 Å². The minimum absolute atomic E-state index is 0.148. The maximum Gasteiger partial charge on any atom is 0.305 e. The van der Waals surface area contributed by atoms with Crippen molar-refractivity contribution in [3.05, 3.63) is 30.3 Å². The van der Waals surface area contributed by atoms with Gasteiger partial charge in [-0.15, -0.1) is 0 Å². The summed E-state index contributed by atoms with van der Waals surface area (Å²) in [6.07, 6.45) is 24.4. The molecule has 0 atom stereocenters. The van der Waals surface area contributed by atoms with E-state index in [1.54, 1.807) is 96.3 Å². The van der Waals surface area contributed by atoms with E-state index in [4.69, 9.17) is 5.11 Å². The Kier molecular flexibility index (Phi) is 11.6. The summed E-state index contributed by atoms with van der Waals surface area (Å²) in [5.41, 5.74) is 0.957. The molecule has 1 aromatic rings. The Morgan fingerprint density at radius 2 is 1.16 bits per heavy atom. The largest absolute Gasteiger partial charge is 0.481 e. The topological polar surface area (TPSA) is 49.3 Å². The number of carboxylic acids is 1. The molecule has 1 aromatic carbocycles. The Morgan fingerprint density at radius 1 is 0.742 bits per heavy atom. The molecule has 0 bridgehead atoms. The van der Waals surface area contributed by atoms with Gasteiger partial charge in [-0.05, 0) is 12.1 Å². The molecule has 3 saturated carbocycles. The fraction of sp³-hybridized carbons (Fsp3) is 0.741. The summed E-state index contributed by atoms with van der Waals surface area (Å²) in [6, 6.07) is 9.54. The molecule has 31 heavy (non-hydrogen) atoms. The molecule has 0 aromatic heterocycles. The molecule has 0 unspecified atom stereocenters. The number of hydrogen-bond donors (Lipinski definition) is 2. The van der Waals surface area contributed by atoms with E-state index in [2.05, 4.69) is 5.32 Å². The van der Waals surface area contributed by atoms with Crippen LogP contribution in [0.25, 0.3) is 0 Å². The van der Waals surface area contributed by atoms with E-state index < -0.39 is 25.7 Å². The predicted molar refractivity (Wildman–Crippen MR) is 133 cm³/mol. The molecule has 2 N–H and O–H groups in total. The molecular weight excluding hydrogens is 489 g/mol. The van der Waals surface area contributed by atoms with Gasteiger partial charge in [0.2, 0.25) is 0 Å². The quantitative estimate of drug-likeness (QED) is 0.349. The van der Waals surface area contributed by atoms with E-state index in [1.807, 2.05) is 30.3 Å². The molecule has 0 heterocycles. The van der Waals surface area contributed by atoms with Gasteiger partial charge in [-0.2, -0.15) is 0 Å². The van der Waals surface area contributed by atoms with E-state index >= 15 is 0 Å². The minimum atomic E-state index is -1.15. The Labute approximate surface area is 197 Å². The van der Waals surface area contributed by atoms with E-state index in [9.17, 15) is 4.79 Å². The Hall–Kier alpha value is -0.711. The van der Waals surface area contributed by atoms with E-state index in [0.29, 0.717) is 6.54 Å². The second-order valence-corrected chi connectivity index (χ2v) is 19.8. The van der Waals surface area contributed by atoms with Gasteiger partial charge in [-0.1, -0.05) is 18.2 Å². The van der Waals surface area contributed by atoms with Crippen LogP contribution in [0.2, 0.25) is 11.8 Å². The Morgan fingerprint density at radius 3 is 1.55 bits per heavy atom. The molecule has 0 spiro atoms. The van der Waals surface area contributed by atoms with Crippen molar-refractivity contribution < 1.29 is 9.90 Å². The van der Waals surface area contributed by atoms with Gasteiger partial charge in [0.1, 0.15) is 0 Å². The first-order chi connectivity index (χ1) is 15.2. The zero-order chi connectivity index (χ0) is 21.7. The summed E-state index contributed by atoms with van der Waals surface area (Å²) >= 11 is -1.15. The molecule has 3 nitrogen and oxygen atoms in total. The smallest absolute Gasteiger partial charge is 0.305 e. The maximum atomic E-state index is 10.1. The van der Waals surface area contributed by atoms with Crippen LogP contribution in [0.15, 0.2) is 30.3 Å². The number of carbonyl (C=O) groups is 1. The number of carboxylic acid groups (broad SMARTS) is 1. The zero-order valence-electron chi connectivity index (χ0n) is 19.5. The standard InChI is InChI=1S/C9H11NO2.3C6H11.Sn/c11-9(12)6-7-10-8-4-2-1-3-5-8;3*1-2-4-6-5-3-1;/h1-5,10H,6-7H2,(H,11,12);3*1H,2-6H2;. The van der Waals surface area contributed by atoms with Gasteiger partial charge >= 0.3 is 134 Å². The van der Waals surface area contributed by atoms with Crippen molar-refractivity contribution in [3.8, 4) is 0 Å². The van der Waals surface area contributed by atoms with Gasteiger partial charge in [0, 0.05) is 12.2 Å². The van der Waals surface area contributed by atoms with Crippen molar-refractivity contribution in [2.24, 2.45) is 0 Å². The zero-order valence-corrected chi connectivity index (χ0v) is 22.3. The second-order valence-electron chi connectivity index (χ2n) is 9.94. The van der Waals surface area contributed by atoms with Crippen LogP contribution in [-0.4, -0.2) is 37.4 Å². The van der Waals surface area contributed by atoms with Gasteiger partial charge in [-0.3, -0.25) is 4.79 Å². The van der Waals surface area contributed by atoms with Crippen LogP contribution in [0, 0.1) is 0 Å². The van der Waals surface area contributed by atoms with Crippen molar-refractivity contribution in [3.63, 3.8) is 0 Å². The molecule has 0 saturated heterocycles. The van der Waals surface area contributed by atoms with Crippen molar-refractivity contribution >= 4 is 31.4 Å². The van der Waals surface area contributed by atoms with Gasteiger partial charge in [0.15, 0.2) is 0 Å². The minimum Gasteiger partial charge on any atom is -0.481 e. The molecule has 1 radical (unpaired) electrons. The Bertz CT molecular complexity index is 562. The predicted octanol–water partition coefficient (Wildman–Crippen LogP) is 8.06. The summed E-state index contributed by atoms with van der Waals surface area (Å²) in [7, 11) is 0. The third-order valence-electron chi connectivity index (χ3n) is 7.67.